The van der Waals surface area contributed by atoms with Gasteiger partial charge in [0, 0.05) is 13.1 Å². The average molecular weight is 244 g/mol. The van der Waals surface area contributed by atoms with Crippen LogP contribution in [0.5, 0.6) is 0 Å². The number of ether oxygens (including phenoxy) is 1. The van der Waals surface area contributed by atoms with Crippen LogP contribution < -0.4 is 5.32 Å². The fourth-order valence-corrected chi connectivity index (χ4v) is 2.13. The first-order chi connectivity index (χ1) is 8.20. The number of nitrogens with one attached hydrogen (secondary N) is 1. The first kappa shape index (κ1) is 14.4. The molecule has 5 heteroatoms. The van der Waals surface area contributed by atoms with Crippen molar-refractivity contribution in [2.75, 3.05) is 39.5 Å². The molecular formula is C12H24N2O3. The van der Waals surface area contributed by atoms with E-state index < -0.39 is 0 Å². The summed E-state index contributed by atoms with van der Waals surface area (Å²) in [6.45, 7) is 7.16. The van der Waals surface area contributed by atoms with Gasteiger partial charge < -0.3 is 20.1 Å². The molecule has 1 rings (SSSR count). The molecule has 0 saturated carbocycles. The van der Waals surface area contributed by atoms with Crippen LogP contribution in [0.3, 0.4) is 0 Å². The van der Waals surface area contributed by atoms with Gasteiger partial charge in [-0.15, -0.1) is 0 Å². The summed E-state index contributed by atoms with van der Waals surface area (Å²) in [5, 5.41) is 11.8. The topological polar surface area (TPSA) is 61.8 Å². The summed E-state index contributed by atoms with van der Waals surface area (Å²) in [6, 6.07) is -0.0345. The molecule has 2 N–H and O–H groups in total. The van der Waals surface area contributed by atoms with Crippen LogP contribution in [0.25, 0.3) is 0 Å². The largest absolute Gasteiger partial charge is 0.394 e. The minimum absolute atomic E-state index is 0.0291. The van der Waals surface area contributed by atoms with Crippen LogP contribution >= 0.6 is 0 Å². The second-order valence-corrected chi connectivity index (χ2v) is 4.45. The van der Waals surface area contributed by atoms with E-state index in [2.05, 4.69) is 12.2 Å². The predicted octanol–water partition coefficient (Wildman–Crippen LogP) is -0.158. The van der Waals surface area contributed by atoms with Crippen molar-refractivity contribution in [2.45, 2.75) is 26.3 Å². The number of aliphatic hydroxyl groups is 1. The molecule has 1 amide bonds. The van der Waals surface area contributed by atoms with Crippen LogP contribution in [0, 0.1) is 5.92 Å². The van der Waals surface area contributed by atoms with E-state index in [0.717, 1.165) is 13.0 Å². The molecule has 1 fully saturated rings. The lowest BCUT2D eigenvalue weighted by Gasteiger charge is -2.26. The Kier molecular flexibility index (Phi) is 6.47. The van der Waals surface area contributed by atoms with Gasteiger partial charge in [-0.1, -0.05) is 6.92 Å². The van der Waals surface area contributed by atoms with Gasteiger partial charge in [-0.3, -0.25) is 4.79 Å². The van der Waals surface area contributed by atoms with Crippen LogP contribution in [0.2, 0.25) is 0 Å². The molecule has 5 nitrogen and oxygen atoms in total. The zero-order valence-corrected chi connectivity index (χ0v) is 10.8. The summed E-state index contributed by atoms with van der Waals surface area (Å²) in [4.78, 5) is 14.0. The van der Waals surface area contributed by atoms with E-state index in [1.807, 2.05) is 11.8 Å². The van der Waals surface area contributed by atoms with Crippen LogP contribution in [0.1, 0.15) is 20.3 Å². The zero-order valence-electron chi connectivity index (χ0n) is 10.8. The predicted molar refractivity (Wildman–Crippen MR) is 65.7 cm³/mol. The third-order valence-corrected chi connectivity index (χ3v) is 3.23. The van der Waals surface area contributed by atoms with Crippen LogP contribution in [0.4, 0.5) is 0 Å². The third kappa shape index (κ3) is 4.26. The van der Waals surface area contributed by atoms with Crippen LogP contribution in [0.15, 0.2) is 0 Å². The molecule has 17 heavy (non-hydrogen) atoms. The summed E-state index contributed by atoms with van der Waals surface area (Å²) in [5.74, 6) is 0.583. The summed E-state index contributed by atoms with van der Waals surface area (Å²) >= 11 is 0. The maximum atomic E-state index is 12.2. The maximum absolute atomic E-state index is 12.2. The molecule has 1 aliphatic rings. The Hall–Kier alpha value is -0.650. The summed E-state index contributed by atoms with van der Waals surface area (Å²) in [7, 11) is 0. The Balaban J connectivity index is 2.35. The van der Waals surface area contributed by atoms with Crippen LogP contribution in [-0.2, 0) is 9.53 Å². The van der Waals surface area contributed by atoms with Crippen molar-refractivity contribution in [3.63, 3.8) is 0 Å². The highest BCUT2D eigenvalue weighted by molar-refractivity contribution is 5.82. The second-order valence-electron chi connectivity index (χ2n) is 4.45. The van der Waals surface area contributed by atoms with Gasteiger partial charge in [0.15, 0.2) is 0 Å². The molecule has 0 bridgehead atoms. The molecule has 1 aliphatic heterocycles. The number of nitrogens with zero attached hydrogens (tertiary/aromatic N) is 1. The van der Waals surface area contributed by atoms with Crippen molar-refractivity contribution >= 4 is 5.91 Å². The van der Waals surface area contributed by atoms with Gasteiger partial charge >= 0.3 is 0 Å². The summed E-state index contributed by atoms with van der Waals surface area (Å²) in [6.07, 6.45) is 1.06. The molecule has 100 valence electrons. The van der Waals surface area contributed by atoms with Crippen molar-refractivity contribution in [2.24, 2.45) is 5.92 Å². The van der Waals surface area contributed by atoms with E-state index >= 15 is 0 Å². The Morgan fingerprint density at radius 3 is 2.82 bits per heavy atom. The van der Waals surface area contributed by atoms with Crippen LogP contribution in [-0.4, -0.2) is 61.4 Å². The Labute approximate surface area is 103 Å². The highest BCUT2D eigenvalue weighted by Crippen LogP contribution is 2.16. The number of carbonyl (C=O) groups excluding carboxylic acids is 1. The van der Waals surface area contributed by atoms with E-state index in [1.165, 1.54) is 0 Å². The molecule has 2 atom stereocenters. The Bertz CT molecular complexity index is 236. The van der Waals surface area contributed by atoms with Gasteiger partial charge in [-0.2, -0.15) is 0 Å². The second kappa shape index (κ2) is 7.63. The summed E-state index contributed by atoms with van der Waals surface area (Å²) in [5.41, 5.74) is 0. The van der Waals surface area contributed by atoms with Crippen molar-refractivity contribution < 1.29 is 14.6 Å². The molecule has 1 heterocycles. The Morgan fingerprint density at radius 1 is 1.53 bits per heavy atom. The van der Waals surface area contributed by atoms with E-state index in [9.17, 15) is 4.79 Å². The smallest absolute Gasteiger partial charge is 0.240 e. The van der Waals surface area contributed by atoms with Gasteiger partial charge in [0.1, 0.15) is 0 Å². The highest BCUT2D eigenvalue weighted by atomic mass is 16.5. The lowest BCUT2D eigenvalue weighted by Crippen LogP contribution is -2.47. The molecular weight excluding hydrogens is 220 g/mol. The van der Waals surface area contributed by atoms with Crippen molar-refractivity contribution in [1.82, 2.24) is 10.2 Å². The summed E-state index contributed by atoms with van der Waals surface area (Å²) < 4.78 is 5.19. The third-order valence-electron chi connectivity index (χ3n) is 3.23. The van der Waals surface area contributed by atoms with Crippen molar-refractivity contribution in [3.8, 4) is 0 Å². The first-order valence-corrected chi connectivity index (χ1v) is 6.41. The SMILES string of the molecule is CCN(CCOCCO)C(=O)C1NCCC1C. The molecule has 0 aliphatic carbocycles. The van der Waals surface area contributed by atoms with E-state index in [4.69, 9.17) is 9.84 Å². The molecule has 0 spiro atoms. The molecule has 2 unspecified atom stereocenters. The maximum Gasteiger partial charge on any atom is 0.240 e. The number of hydrogen-bond donors (Lipinski definition) is 2. The molecule has 0 aromatic heterocycles. The highest BCUT2D eigenvalue weighted by Gasteiger charge is 2.31. The fraction of sp³-hybridized carbons (Fsp3) is 0.917. The quantitative estimate of drug-likeness (QED) is 0.611. The fourth-order valence-electron chi connectivity index (χ4n) is 2.13. The zero-order chi connectivity index (χ0) is 12.7. The number of rotatable bonds is 7. The number of aliphatic hydroxyl groups excluding tert-OH is 1. The first-order valence-electron chi connectivity index (χ1n) is 6.41. The minimum Gasteiger partial charge on any atom is -0.394 e. The number of likely N-dealkylation sites (N-methyl/N-ethyl adjacent to an activating group) is 1. The normalized spacial score (nSPS) is 23.9. The monoisotopic (exact) mass is 244 g/mol. The number of carbonyl (C=O) groups is 1. The standard InChI is InChI=1S/C12H24N2O3/c1-3-14(6-8-17-9-7-15)12(16)11-10(2)4-5-13-11/h10-11,13,15H,3-9H2,1-2H3. The van der Waals surface area contributed by atoms with Gasteiger partial charge in [-0.25, -0.2) is 0 Å². The average Bonchev–Trinajstić information content (AvgIpc) is 2.75. The van der Waals surface area contributed by atoms with Gasteiger partial charge in [-0.05, 0) is 25.8 Å². The molecule has 1 saturated heterocycles. The number of hydrogen-bond acceptors (Lipinski definition) is 4. The number of amides is 1. The van der Waals surface area contributed by atoms with E-state index in [-0.39, 0.29) is 18.6 Å². The van der Waals surface area contributed by atoms with Crippen molar-refractivity contribution in [3.05, 3.63) is 0 Å². The van der Waals surface area contributed by atoms with Gasteiger partial charge in [0.25, 0.3) is 0 Å². The molecule has 0 radical (unpaired) electrons. The molecule has 0 aromatic carbocycles. The van der Waals surface area contributed by atoms with E-state index in [0.29, 0.717) is 32.2 Å². The Morgan fingerprint density at radius 2 is 2.29 bits per heavy atom. The van der Waals surface area contributed by atoms with Gasteiger partial charge in [0.05, 0.1) is 25.9 Å². The van der Waals surface area contributed by atoms with Gasteiger partial charge in [0.2, 0.25) is 5.91 Å². The van der Waals surface area contributed by atoms with E-state index in [1.54, 1.807) is 0 Å². The lowest BCUT2D eigenvalue weighted by atomic mass is 10.0. The molecule has 0 aromatic rings. The minimum atomic E-state index is -0.0345. The lowest BCUT2D eigenvalue weighted by molar-refractivity contribution is -0.134. The van der Waals surface area contributed by atoms with Crippen molar-refractivity contribution in [1.29, 1.82) is 0 Å².